The predicted molar refractivity (Wildman–Crippen MR) is 118 cm³/mol. The lowest BCUT2D eigenvalue weighted by Gasteiger charge is -2.28. The molecule has 1 aromatic carbocycles. The van der Waals surface area contributed by atoms with Crippen molar-refractivity contribution in [3.05, 3.63) is 54.4 Å². The van der Waals surface area contributed by atoms with Crippen LogP contribution in [0.25, 0.3) is 28.1 Å². The molecule has 5 rings (SSSR count). The molecular formula is C23H26N6O. The standard InChI is InChI=1S/C23H26N6O/c1-16(2)28-23-20(17(3)26-28)8-9-21(25-23)22-10-11-24-29(22)19-6-4-18(5-7-19)27-12-14-30-15-13-27/h4-11,16H,12-15H2,1-3H3. The lowest BCUT2D eigenvalue weighted by Crippen LogP contribution is -2.36. The number of anilines is 1. The van der Waals surface area contributed by atoms with Crippen LogP contribution in [0, 0.1) is 6.92 Å². The molecule has 7 heteroatoms. The first-order chi connectivity index (χ1) is 14.6. The SMILES string of the molecule is Cc1nn(C(C)C)c2nc(-c3ccnn3-c3ccc(N4CCOCC4)cc3)ccc12. The molecule has 0 spiro atoms. The van der Waals surface area contributed by atoms with Gasteiger partial charge in [-0.05, 0) is 63.2 Å². The van der Waals surface area contributed by atoms with Gasteiger partial charge in [0.1, 0.15) is 0 Å². The van der Waals surface area contributed by atoms with Gasteiger partial charge in [-0.1, -0.05) is 0 Å². The van der Waals surface area contributed by atoms with Crippen LogP contribution in [0.1, 0.15) is 25.6 Å². The molecule has 4 heterocycles. The topological polar surface area (TPSA) is 61.0 Å². The first kappa shape index (κ1) is 18.8. The van der Waals surface area contributed by atoms with E-state index in [0.717, 1.165) is 60.1 Å². The van der Waals surface area contributed by atoms with Gasteiger partial charge in [-0.3, -0.25) is 0 Å². The van der Waals surface area contributed by atoms with Crippen LogP contribution in [0.4, 0.5) is 5.69 Å². The summed E-state index contributed by atoms with van der Waals surface area (Å²) in [7, 11) is 0. The second-order valence-electron chi connectivity index (χ2n) is 7.94. The predicted octanol–water partition coefficient (Wildman–Crippen LogP) is 4.01. The molecule has 1 aliphatic heterocycles. The Morgan fingerprint density at radius 2 is 1.67 bits per heavy atom. The average molecular weight is 403 g/mol. The summed E-state index contributed by atoms with van der Waals surface area (Å²) in [5.74, 6) is 0. The number of nitrogens with zero attached hydrogens (tertiary/aromatic N) is 6. The molecule has 7 nitrogen and oxygen atoms in total. The van der Waals surface area contributed by atoms with Gasteiger partial charge >= 0.3 is 0 Å². The molecule has 4 aromatic rings. The Balaban J connectivity index is 1.51. The Morgan fingerprint density at radius 3 is 2.40 bits per heavy atom. The van der Waals surface area contributed by atoms with E-state index in [4.69, 9.17) is 9.72 Å². The number of hydrogen-bond donors (Lipinski definition) is 0. The van der Waals surface area contributed by atoms with Gasteiger partial charge in [0.05, 0.1) is 42.2 Å². The van der Waals surface area contributed by atoms with Crippen LogP contribution in [0.2, 0.25) is 0 Å². The van der Waals surface area contributed by atoms with E-state index >= 15 is 0 Å². The van der Waals surface area contributed by atoms with E-state index in [1.807, 2.05) is 28.6 Å². The van der Waals surface area contributed by atoms with Crippen molar-refractivity contribution in [3.63, 3.8) is 0 Å². The third kappa shape index (κ3) is 3.25. The molecule has 3 aromatic heterocycles. The summed E-state index contributed by atoms with van der Waals surface area (Å²) < 4.78 is 9.39. The second-order valence-corrected chi connectivity index (χ2v) is 7.94. The molecule has 1 fully saturated rings. The number of benzene rings is 1. The zero-order chi connectivity index (χ0) is 20.7. The molecule has 0 saturated carbocycles. The molecule has 0 unspecified atom stereocenters. The molecule has 0 atom stereocenters. The normalized spacial score (nSPS) is 14.7. The van der Waals surface area contributed by atoms with Crippen molar-refractivity contribution in [2.24, 2.45) is 0 Å². The van der Waals surface area contributed by atoms with Crippen molar-refractivity contribution < 1.29 is 4.74 Å². The van der Waals surface area contributed by atoms with E-state index in [9.17, 15) is 0 Å². The number of pyridine rings is 1. The lowest BCUT2D eigenvalue weighted by molar-refractivity contribution is 0.122. The fourth-order valence-corrected chi connectivity index (χ4v) is 4.00. The van der Waals surface area contributed by atoms with Crippen molar-refractivity contribution >= 4 is 16.7 Å². The van der Waals surface area contributed by atoms with Crippen LogP contribution < -0.4 is 4.90 Å². The molecule has 30 heavy (non-hydrogen) atoms. The van der Waals surface area contributed by atoms with Crippen molar-refractivity contribution in [1.82, 2.24) is 24.5 Å². The summed E-state index contributed by atoms with van der Waals surface area (Å²) in [6.07, 6.45) is 1.82. The smallest absolute Gasteiger partial charge is 0.159 e. The zero-order valence-corrected chi connectivity index (χ0v) is 17.6. The number of rotatable bonds is 4. The molecule has 1 saturated heterocycles. The summed E-state index contributed by atoms with van der Waals surface area (Å²) in [5.41, 5.74) is 6.00. The quantitative estimate of drug-likeness (QED) is 0.516. The lowest BCUT2D eigenvalue weighted by atomic mass is 10.2. The maximum Gasteiger partial charge on any atom is 0.159 e. The van der Waals surface area contributed by atoms with Crippen LogP contribution >= 0.6 is 0 Å². The van der Waals surface area contributed by atoms with Gasteiger partial charge in [-0.25, -0.2) is 14.3 Å². The molecule has 0 amide bonds. The van der Waals surface area contributed by atoms with Crippen molar-refractivity contribution in [2.45, 2.75) is 26.8 Å². The molecule has 0 bridgehead atoms. The zero-order valence-electron chi connectivity index (χ0n) is 17.6. The number of morpholine rings is 1. The Bertz CT molecular complexity index is 1170. The first-order valence-corrected chi connectivity index (χ1v) is 10.5. The van der Waals surface area contributed by atoms with Crippen LogP contribution in [0.15, 0.2) is 48.7 Å². The number of hydrogen-bond acceptors (Lipinski definition) is 5. The summed E-state index contributed by atoms with van der Waals surface area (Å²) in [6.45, 7) is 9.71. The van der Waals surface area contributed by atoms with Crippen LogP contribution in [-0.2, 0) is 4.74 Å². The van der Waals surface area contributed by atoms with Crippen molar-refractivity contribution in [2.75, 3.05) is 31.2 Å². The highest BCUT2D eigenvalue weighted by atomic mass is 16.5. The monoisotopic (exact) mass is 402 g/mol. The molecule has 0 aliphatic carbocycles. The summed E-state index contributed by atoms with van der Waals surface area (Å²) in [5, 5.41) is 10.3. The fourth-order valence-electron chi connectivity index (χ4n) is 4.00. The molecule has 154 valence electrons. The molecular weight excluding hydrogens is 376 g/mol. The Hall–Kier alpha value is -3.19. The summed E-state index contributed by atoms with van der Waals surface area (Å²) in [6, 6.07) is 15.0. The Labute approximate surface area is 175 Å². The summed E-state index contributed by atoms with van der Waals surface area (Å²) in [4.78, 5) is 7.30. The maximum absolute atomic E-state index is 5.45. The van der Waals surface area contributed by atoms with Gasteiger partial charge in [0.25, 0.3) is 0 Å². The third-order valence-corrected chi connectivity index (χ3v) is 5.60. The number of ether oxygens (including phenoxy) is 1. The van der Waals surface area contributed by atoms with E-state index in [0.29, 0.717) is 0 Å². The van der Waals surface area contributed by atoms with Gasteiger partial charge in [0, 0.05) is 30.2 Å². The van der Waals surface area contributed by atoms with Crippen molar-refractivity contribution in [3.8, 4) is 17.1 Å². The van der Waals surface area contributed by atoms with E-state index < -0.39 is 0 Å². The highest BCUT2D eigenvalue weighted by Crippen LogP contribution is 2.27. The number of aryl methyl sites for hydroxylation is 1. The van der Waals surface area contributed by atoms with E-state index in [-0.39, 0.29) is 6.04 Å². The molecule has 0 radical (unpaired) electrons. The minimum absolute atomic E-state index is 0.251. The van der Waals surface area contributed by atoms with Crippen molar-refractivity contribution in [1.29, 1.82) is 0 Å². The van der Waals surface area contributed by atoms with Gasteiger partial charge in [0.15, 0.2) is 5.65 Å². The maximum atomic E-state index is 5.45. The second kappa shape index (κ2) is 7.57. The third-order valence-electron chi connectivity index (χ3n) is 5.60. The van der Waals surface area contributed by atoms with E-state index in [1.54, 1.807) is 0 Å². The minimum atomic E-state index is 0.251. The molecule has 0 N–H and O–H groups in total. The van der Waals surface area contributed by atoms with Gasteiger partial charge in [0.2, 0.25) is 0 Å². The number of fused-ring (bicyclic) bond motifs is 1. The molecule has 1 aliphatic rings. The number of aromatic nitrogens is 5. The van der Waals surface area contributed by atoms with Crippen LogP contribution in [0.3, 0.4) is 0 Å². The van der Waals surface area contributed by atoms with Gasteiger partial charge in [-0.2, -0.15) is 10.2 Å². The van der Waals surface area contributed by atoms with E-state index in [1.165, 1.54) is 5.69 Å². The highest BCUT2D eigenvalue weighted by molar-refractivity contribution is 5.81. The highest BCUT2D eigenvalue weighted by Gasteiger charge is 2.16. The van der Waals surface area contributed by atoms with Gasteiger partial charge < -0.3 is 9.64 Å². The van der Waals surface area contributed by atoms with Gasteiger partial charge in [-0.15, -0.1) is 0 Å². The minimum Gasteiger partial charge on any atom is -0.378 e. The van der Waals surface area contributed by atoms with Crippen LogP contribution in [-0.4, -0.2) is 50.8 Å². The first-order valence-electron chi connectivity index (χ1n) is 10.5. The summed E-state index contributed by atoms with van der Waals surface area (Å²) >= 11 is 0. The Morgan fingerprint density at radius 1 is 0.933 bits per heavy atom. The largest absolute Gasteiger partial charge is 0.378 e. The van der Waals surface area contributed by atoms with E-state index in [2.05, 4.69) is 65.3 Å². The fraction of sp³-hybridized carbons (Fsp3) is 0.348. The van der Waals surface area contributed by atoms with Crippen LogP contribution in [0.5, 0.6) is 0 Å². The Kier molecular flexibility index (Phi) is 4.75. The average Bonchev–Trinajstić information content (AvgIpc) is 3.39.